The Balaban J connectivity index is 1.60. The summed E-state index contributed by atoms with van der Waals surface area (Å²) >= 11 is 0. The molecule has 2 heterocycles. The van der Waals surface area contributed by atoms with Crippen molar-refractivity contribution in [1.82, 2.24) is 15.5 Å². The van der Waals surface area contributed by atoms with Crippen molar-refractivity contribution in [3.8, 4) is 0 Å². The summed E-state index contributed by atoms with van der Waals surface area (Å²) in [6.07, 6.45) is 0.213. The van der Waals surface area contributed by atoms with Crippen LogP contribution in [0.4, 0.5) is 5.69 Å². The summed E-state index contributed by atoms with van der Waals surface area (Å²) in [6.45, 7) is 4.27. The molecule has 1 fully saturated rings. The van der Waals surface area contributed by atoms with E-state index in [1.807, 2.05) is 31.2 Å². The summed E-state index contributed by atoms with van der Waals surface area (Å²) in [5.41, 5.74) is 1.95. The van der Waals surface area contributed by atoms with Crippen LogP contribution >= 0.6 is 0 Å². The van der Waals surface area contributed by atoms with Gasteiger partial charge in [-0.3, -0.25) is 9.59 Å². The van der Waals surface area contributed by atoms with Crippen LogP contribution < -0.4 is 10.2 Å². The summed E-state index contributed by atoms with van der Waals surface area (Å²) in [4.78, 5) is 30.1. The fourth-order valence-electron chi connectivity index (χ4n) is 2.58. The van der Waals surface area contributed by atoms with Crippen LogP contribution in [-0.4, -0.2) is 28.5 Å². The van der Waals surface area contributed by atoms with E-state index in [2.05, 4.69) is 15.5 Å². The molecule has 1 aliphatic heterocycles. The van der Waals surface area contributed by atoms with Crippen molar-refractivity contribution in [2.24, 2.45) is 5.92 Å². The lowest BCUT2D eigenvalue weighted by Crippen LogP contribution is -2.32. The van der Waals surface area contributed by atoms with Crippen LogP contribution in [0.5, 0.6) is 0 Å². The fourth-order valence-corrected chi connectivity index (χ4v) is 2.58. The molecule has 0 saturated carbocycles. The molecule has 0 spiro atoms. The molecule has 1 N–H and O–H groups in total. The Morgan fingerprint density at radius 3 is 2.74 bits per heavy atom. The van der Waals surface area contributed by atoms with E-state index in [4.69, 9.17) is 4.52 Å². The zero-order valence-electron chi connectivity index (χ0n) is 13.1. The maximum Gasteiger partial charge on any atom is 0.227 e. The maximum absolute atomic E-state index is 12.2. The quantitative estimate of drug-likeness (QED) is 0.920. The molecule has 7 nitrogen and oxygen atoms in total. The molecule has 2 amide bonds. The summed E-state index contributed by atoms with van der Waals surface area (Å²) in [7, 11) is 0. The van der Waals surface area contributed by atoms with Crippen LogP contribution in [0.1, 0.15) is 23.7 Å². The molecule has 7 heteroatoms. The molecule has 1 aromatic heterocycles. The third-order valence-electron chi connectivity index (χ3n) is 3.83. The largest absolute Gasteiger partial charge is 0.348 e. The topological polar surface area (TPSA) is 88.3 Å². The second-order valence-electron chi connectivity index (χ2n) is 5.69. The zero-order chi connectivity index (χ0) is 16.4. The van der Waals surface area contributed by atoms with Gasteiger partial charge in [-0.05, 0) is 19.1 Å². The van der Waals surface area contributed by atoms with Gasteiger partial charge in [0, 0.05) is 25.6 Å². The van der Waals surface area contributed by atoms with Gasteiger partial charge in [-0.2, -0.15) is 4.98 Å². The van der Waals surface area contributed by atoms with E-state index >= 15 is 0 Å². The van der Waals surface area contributed by atoms with Crippen LogP contribution in [0, 0.1) is 19.8 Å². The molecule has 0 bridgehead atoms. The van der Waals surface area contributed by atoms with Gasteiger partial charge in [-0.25, -0.2) is 0 Å². The fraction of sp³-hybridized carbons (Fsp3) is 0.375. The van der Waals surface area contributed by atoms with Crippen molar-refractivity contribution >= 4 is 17.5 Å². The van der Waals surface area contributed by atoms with Crippen molar-refractivity contribution in [3.63, 3.8) is 0 Å². The Bertz CT molecular complexity index is 723. The van der Waals surface area contributed by atoms with E-state index < -0.39 is 0 Å². The van der Waals surface area contributed by atoms with E-state index in [9.17, 15) is 9.59 Å². The highest BCUT2D eigenvalue weighted by Gasteiger charge is 2.35. The van der Waals surface area contributed by atoms with Gasteiger partial charge in [0.1, 0.15) is 0 Å². The lowest BCUT2D eigenvalue weighted by molar-refractivity contribution is -0.126. The summed E-state index contributed by atoms with van der Waals surface area (Å²) < 4.78 is 4.85. The average Bonchev–Trinajstić information content (AvgIpc) is 3.12. The zero-order valence-corrected chi connectivity index (χ0v) is 13.1. The Morgan fingerprint density at radius 2 is 2.09 bits per heavy atom. The van der Waals surface area contributed by atoms with Crippen LogP contribution in [0.2, 0.25) is 0 Å². The van der Waals surface area contributed by atoms with E-state index in [-0.39, 0.29) is 30.7 Å². The van der Waals surface area contributed by atoms with Crippen molar-refractivity contribution in [2.75, 3.05) is 11.4 Å². The number of rotatable bonds is 4. The Hall–Kier alpha value is -2.70. The van der Waals surface area contributed by atoms with Crippen LogP contribution in [0.25, 0.3) is 0 Å². The number of benzene rings is 1. The highest BCUT2D eigenvalue weighted by Crippen LogP contribution is 2.25. The number of hydrogen-bond acceptors (Lipinski definition) is 5. The number of aromatic nitrogens is 2. The minimum absolute atomic E-state index is 0.0376. The van der Waals surface area contributed by atoms with Gasteiger partial charge in [-0.1, -0.05) is 22.9 Å². The van der Waals surface area contributed by atoms with Gasteiger partial charge in [0.25, 0.3) is 0 Å². The first-order chi connectivity index (χ1) is 11.0. The van der Waals surface area contributed by atoms with E-state index in [1.165, 1.54) is 0 Å². The van der Waals surface area contributed by atoms with Crippen LogP contribution in [-0.2, 0) is 16.1 Å². The van der Waals surface area contributed by atoms with Crippen molar-refractivity contribution in [2.45, 2.75) is 26.8 Å². The Kier molecular flexibility index (Phi) is 4.10. The van der Waals surface area contributed by atoms with Gasteiger partial charge < -0.3 is 14.7 Å². The molecule has 0 aliphatic carbocycles. The first-order valence-corrected chi connectivity index (χ1v) is 7.47. The predicted molar refractivity (Wildman–Crippen MR) is 82.5 cm³/mol. The summed E-state index contributed by atoms with van der Waals surface area (Å²) in [5.74, 6) is 0.308. The highest BCUT2D eigenvalue weighted by atomic mass is 16.5. The van der Waals surface area contributed by atoms with Gasteiger partial charge in [0.05, 0.1) is 12.5 Å². The third-order valence-corrected chi connectivity index (χ3v) is 3.83. The Morgan fingerprint density at radius 1 is 1.35 bits per heavy atom. The van der Waals surface area contributed by atoms with Crippen molar-refractivity contribution in [3.05, 3.63) is 41.5 Å². The second kappa shape index (κ2) is 6.20. The lowest BCUT2D eigenvalue weighted by atomic mass is 10.1. The molecular formula is C16H18N4O3. The minimum atomic E-state index is -0.364. The molecule has 1 atom stereocenters. The molecule has 1 saturated heterocycles. The number of hydrogen-bond donors (Lipinski definition) is 1. The molecular weight excluding hydrogens is 296 g/mol. The summed E-state index contributed by atoms with van der Waals surface area (Å²) in [6, 6.07) is 7.70. The van der Waals surface area contributed by atoms with E-state index in [1.54, 1.807) is 11.8 Å². The van der Waals surface area contributed by atoms with Crippen LogP contribution in [0.3, 0.4) is 0 Å². The average molecular weight is 314 g/mol. The number of carbonyl (C=O) groups excluding carboxylic acids is 2. The maximum atomic E-state index is 12.2. The number of nitrogens with one attached hydrogen (secondary N) is 1. The number of nitrogens with zero attached hydrogens (tertiary/aromatic N) is 3. The lowest BCUT2D eigenvalue weighted by Gasteiger charge is -2.16. The molecule has 0 radical (unpaired) electrons. The molecule has 3 rings (SSSR count). The van der Waals surface area contributed by atoms with Crippen molar-refractivity contribution < 1.29 is 14.1 Å². The number of aryl methyl sites for hydroxylation is 2. The SMILES string of the molecule is Cc1ccc(N2CC(C(=O)NCc3noc(C)n3)CC2=O)cc1. The van der Waals surface area contributed by atoms with Gasteiger partial charge in [-0.15, -0.1) is 0 Å². The third kappa shape index (κ3) is 3.39. The molecule has 1 aromatic carbocycles. The molecule has 120 valence electrons. The van der Waals surface area contributed by atoms with Gasteiger partial charge in [0.2, 0.25) is 17.7 Å². The van der Waals surface area contributed by atoms with E-state index in [0.29, 0.717) is 18.3 Å². The second-order valence-corrected chi connectivity index (χ2v) is 5.69. The smallest absolute Gasteiger partial charge is 0.227 e. The predicted octanol–water partition coefficient (Wildman–Crippen LogP) is 1.36. The standard InChI is InChI=1S/C16H18N4O3/c1-10-3-5-13(6-4-10)20-9-12(7-15(20)21)16(22)17-8-14-18-11(2)23-19-14/h3-6,12H,7-9H2,1-2H3,(H,17,22). The normalized spacial score (nSPS) is 17.6. The monoisotopic (exact) mass is 314 g/mol. The number of carbonyl (C=O) groups is 2. The first kappa shape index (κ1) is 15.2. The Labute approximate surface area is 133 Å². The summed E-state index contributed by atoms with van der Waals surface area (Å²) in [5, 5.41) is 6.47. The van der Waals surface area contributed by atoms with E-state index in [0.717, 1.165) is 11.3 Å². The van der Waals surface area contributed by atoms with Crippen molar-refractivity contribution in [1.29, 1.82) is 0 Å². The highest BCUT2D eigenvalue weighted by molar-refractivity contribution is 6.00. The van der Waals surface area contributed by atoms with Gasteiger partial charge in [0.15, 0.2) is 5.82 Å². The first-order valence-electron chi connectivity index (χ1n) is 7.47. The minimum Gasteiger partial charge on any atom is -0.348 e. The molecule has 1 aliphatic rings. The van der Waals surface area contributed by atoms with Crippen LogP contribution in [0.15, 0.2) is 28.8 Å². The molecule has 23 heavy (non-hydrogen) atoms. The van der Waals surface area contributed by atoms with Gasteiger partial charge >= 0.3 is 0 Å². The molecule has 1 unspecified atom stereocenters. The number of anilines is 1. The molecule has 2 aromatic rings. The number of amides is 2.